The van der Waals surface area contributed by atoms with Crippen LogP contribution in [0.5, 0.6) is 0 Å². The van der Waals surface area contributed by atoms with Crippen LogP contribution >= 0.6 is 23.8 Å². The van der Waals surface area contributed by atoms with Crippen molar-refractivity contribution in [2.45, 2.75) is 6.10 Å². The highest BCUT2D eigenvalue weighted by Crippen LogP contribution is 2.18. The Morgan fingerprint density at radius 2 is 2.22 bits per heavy atom. The van der Waals surface area contributed by atoms with Gasteiger partial charge in [0.05, 0.1) is 23.7 Å². The Hall–Kier alpha value is -1.17. The van der Waals surface area contributed by atoms with Crippen molar-refractivity contribution < 1.29 is 9.53 Å². The van der Waals surface area contributed by atoms with Crippen molar-refractivity contribution in [1.29, 1.82) is 0 Å². The molecule has 0 aromatic heterocycles. The van der Waals surface area contributed by atoms with Crippen molar-refractivity contribution in [3.63, 3.8) is 0 Å². The van der Waals surface area contributed by atoms with E-state index in [-0.39, 0.29) is 17.0 Å². The van der Waals surface area contributed by atoms with Crippen LogP contribution in [0.4, 0.5) is 0 Å². The van der Waals surface area contributed by atoms with Gasteiger partial charge in [0.15, 0.2) is 0 Å². The second-order valence-corrected chi connectivity index (χ2v) is 4.87. The van der Waals surface area contributed by atoms with Crippen molar-refractivity contribution >= 4 is 34.7 Å². The van der Waals surface area contributed by atoms with Crippen LogP contribution in [-0.2, 0) is 4.74 Å². The van der Waals surface area contributed by atoms with Crippen molar-refractivity contribution in [2.24, 2.45) is 5.73 Å². The highest BCUT2D eigenvalue weighted by atomic mass is 35.5. The normalized spacial score (nSPS) is 19.6. The number of carbonyl (C=O) groups is 1. The molecule has 0 radical (unpaired) electrons. The Labute approximate surface area is 116 Å². The number of halogens is 1. The quantitative estimate of drug-likeness (QED) is 0.836. The molecular formula is C12H13ClN2O2S. The lowest BCUT2D eigenvalue weighted by Gasteiger charge is -2.32. The Bertz CT molecular complexity index is 481. The molecule has 0 spiro atoms. The van der Waals surface area contributed by atoms with Gasteiger partial charge in [-0.2, -0.15) is 0 Å². The van der Waals surface area contributed by atoms with E-state index in [0.29, 0.717) is 30.3 Å². The van der Waals surface area contributed by atoms with E-state index in [0.717, 1.165) is 0 Å². The highest BCUT2D eigenvalue weighted by Gasteiger charge is 2.27. The molecule has 0 bridgehead atoms. The zero-order chi connectivity index (χ0) is 13.1. The monoisotopic (exact) mass is 284 g/mol. The molecule has 1 aromatic rings. The molecule has 96 valence electrons. The molecule has 1 heterocycles. The molecule has 0 saturated carbocycles. The first-order chi connectivity index (χ1) is 8.59. The third kappa shape index (κ3) is 2.80. The van der Waals surface area contributed by atoms with Crippen LogP contribution in [0, 0.1) is 0 Å². The number of ether oxygens (including phenoxy) is 1. The third-order valence-electron chi connectivity index (χ3n) is 2.78. The maximum atomic E-state index is 12.3. The first kappa shape index (κ1) is 13.3. The van der Waals surface area contributed by atoms with Gasteiger partial charge in [-0.1, -0.05) is 36.0 Å². The molecule has 0 aliphatic carbocycles. The molecule has 18 heavy (non-hydrogen) atoms. The van der Waals surface area contributed by atoms with E-state index >= 15 is 0 Å². The van der Waals surface area contributed by atoms with Gasteiger partial charge in [0.25, 0.3) is 5.91 Å². The number of amides is 1. The van der Waals surface area contributed by atoms with Gasteiger partial charge in [-0.15, -0.1) is 0 Å². The molecule has 1 atom stereocenters. The minimum atomic E-state index is -0.375. The number of carbonyl (C=O) groups excluding carboxylic acids is 1. The summed E-state index contributed by atoms with van der Waals surface area (Å²) in [5.74, 6) is -0.120. The van der Waals surface area contributed by atoms with Crippen LogP contribution in [0.2, 0.25) is 5.02 Å². The summed E-state index contributed by atoms with van der Waals surface area (Å²) in [6, 6.07) is 6.97. The minimum Gasteiger partial charge on any atom is -0.391 e. The minimum absolute atomic E-state index is 0.120. The lowest BCUT2D eigenvalue weighted by atomic mass is 10.1. The molecule has 1 aliphatic heterocycles. The standard InChI is InChI=1S/C12H13ClN2O2S/c13-9-4-2-1-3-8(9)12(16)15-5-6-17-10(7-15)11(14)18/h1-4,10H,5-7H2,(H2,14,18). The van der Waals surface area contributed by atoms with Gasteiger partial charge >= 0.3 is 0 Å². The number of benzene rings is 1. The summed E-state index contributed by atoms with van der Waals surface area (Å²) in [5, 5.41) is 0.445. The smallest absolute Gasteiger partial charge is 0.255 e. The first-order valence-corrected chi connectivity index (χ1v) is 6.33. The number of hydrogen-bond acceptors (Lipinski definition) is 3. The lowest BCUT2D eigenvalue weighted by molar-refractivity contribution is 0.00879. The van der Waals surface area contributed by atoms with Gasteiger partial charge in [-0.05, 0) is 12.1 Å². The topological polar surface area (TPSA) is 55.6 Å². The van der Waals surface area contributed by atoms with E-state index in [2.05, 4.69) is 0 Å². The van der Waals surface area contributed by atoms with E-state index in [1.54, 1.807) is 29.2 Å². The fourth-order valence-electron chi connectivity index (χ4n) is 1.81. The van der Waals surface area contributed by atoms with Gasteiger partial charge in [-0.3, -0.25) is 4.79 Å². The predicted molar refractivity (Wildman–Crippen MR) is 73.9 cm³/mol. The van der Waals surface area contributed by atoms with E-state index < -0.39 is 0 Å². The summed E-state index contributed by atoms with van der Waals surface area (Å²) >= 11 is 10.9. The van der Waals surface area contributed by atoms with Crippen molar-refractivity contribution in [3.8, 4) is 0 Å². The summed E-state index contributed by atoms with van der Waals surface area (Å²) in [4.78, 5) is 14.2. The Morgan fingerprint density at radius 3 is 2.89 bits per heavy atom. The van der Waals surface area contributed by atoms with Crippen molar-refractivity contribution in [1.82, 2.24) is 4.90 Å². The number of nitrogens with two attached hydrogens (primary N) is 1. The molecule has 1 fully saturated rings. The number of nitrogens with zero attached hydrogens (tertiary/aromatic N) is 1. The molecular weight excluding hydrogens is 272 g/mol. The van der Waals surface area contributed by atoms with Gasteiger partial charge in [0.1, 0.15) is 11.1 Å². The molecule has 6 heteroatoms. The lowest BCUT2D eigenvalue weighted by Crippen LogP contribution is -2.49. The van der Waals surface area contributed by atoms with Gasteiger partial charge in [0.2, 0.25) is 0 Å². The molecule has 1 saturated heterocycles. The van der Waals surface area contributed by atoms with E-state index in [4.69, 9.17) is 34.3 Å². The molecule has 4 nitrogen and oxygen atoms in total. The van der Waals surface area contributed by atoms with Gasteiger partial charge in [-0.25, -0.2) is 0 Å². The zero-order valence-electron chi connectivity index (χ0n) is 9.64. The van der Waals surface area contributed by atoms with E-state index in [1.165, 1.54) is 0 Å². The number of morpholine rings is 1. The summed E-state index contributed by atoms with van der Waals surface area (Å²) in [6.07, 6.45) is -0.375. The van der Waals surface area contributed by atoms with E-state index in [1.807, 2.05) is 0 Å². The highest BCUT2D eigenvalue weighted by molar-refractivity contribution is 7.80. The van der Waals surface area contributed by atoms with Crippen LogP contribution < -0.4 is 5.73 Å². The van der Waals surface area contributed by atoms with E-state index in [9.17, 15) is 4.79 Å². The Morgan fingerprint density at radius 1 is 1.50 bits per heavy atom. The molecule has 1 aliphatic rings. The zero-order valence-corrected chi connectivity index (χ0v) is 11.2. The Balaban J connectivity index is 2.14. The van der Waals surface area contributed by atoms with Crippen LogP contribution in [0.3, 0.4) is 0 Å². The molecule has 1 aromatic carbocycles. The maximum Gasteiger partial charge on any atom is 0.255 e. The fourth-order valence-corrected chi connectivity index (χ4v) is 2.17. The van der Waals surface area contributed by atoms with Crippen LogP contribution in [0.15, 0.2) is 24.3 Å². The van der Waals surface area contributed by atoms with Crippen molar-refractivity contribution in [3.05, 3.63) is 34.9 Å². The number of thiocarbonyl (C=S) groups is 1. The maximum absolute atomic E-state index is 12.3. The fraction of sp³-hybridized carbons (Fsp3) is 0.333. The van der Waals surface area contributed by atoms with Gasteiger partial charge < -0.3 is 15.4 Å². The molecule has 2 rings (SSSR count). The summed E-state index contributed by atoms with van der Waals surface area (Å²) < 4.78 is 5.39. The van der Waals surface area contributed by atoms with Crippen LogP contribution in [0.25, 0.3) is 0 Å². The summed E-state index contributed by atoms with van der Waals surface area (Å²) in [7, 11) is 0. The second-order valence-electron chi connectivity index (χ2n) is 3.99. The van der Waals surface area contributed by atoms with Crippen LogP contribution in [-0.4, -0.2) is 41.6 Å². The second kappa shape index (κ2) is 5.65. The summed E-state index contributed by atoms with van der Waals surface area (Å²) in [6.45, 7) is 1.32. The average molecular weight is 285 g/mol. The molecule has 2 N–H and O–H groups in total. The predicted octanol–water partition coefficient (Wildman–Crippen LogP) is 1.47. The Kier molecular flexibility index (Phi) is 4.16. The SMILES string of the molecule is NC(=S)C1CN(C(=O)c2ccccc2Cl)CCO1. The third-order valence-corrected chi connectivity index (χ3v) is 3.37. The largest absolute Gasteiger partial charge is 0.391 e. The average Bonchev–Trinajstić information content (AvgIpc) is 2.38. The number of rotatable bonds is 2. The van der Waals surface area contributed by atoms with Gasteiger partial charge in [0, 0.05) is 6.54 Å². The van der Waals surface area contributed by atoms with Crippen LogP contribution in [0.1, 0.15) is 10.4 Å². The molecule has 1 unspecified atom stereocenters. The molecule has 1 amide bonds. The summed E-state index contributed by atoms with van der Waals surface area (Å²) in [5.41, 5.74) is 6.03. The first-order valence-electron chi connectivity index (χ1n) is 5.54. The number of hydrogen-bond donors (Lipinski definition) is 1. The van der Waals surface area contributed by atoms with Crippen molar-refractivity contribution in [2.75, 3.05) is 19.7 Å².